The molecule has 1 fully saturated rings. The minimum Gasteiger partial charge on any atom is -0.497 e. The van der Waals surface area contributed by atoms with Crippen LogP contribution in [0.15, 0.2) is 23.0 Å². The van der Waals surface area contributed by atoms with Gasteiger partial charge in [-0.3, -0.25) is 9.78 Å². The third kappa shape index (κ3) is 3.37. The minimum absolute atomic E-state index is 0.0263. The number of ether oxygens (including phenoxy) is 1. The lowest BCUT2D eigenvalue weighted by Crippen LogP contribution is -2.21. The summed E-state index contributed by atoms with van der Waals surface area (Å²) in [6.07, 6.45) is 2.93. The minimum atomic E-state index is -0.228. The topological polar surface area (TPSA) is 65.6 Å². The van der Waals surface area contributed by atoms with E-state index in [-0.39, 0.29) is 10.8 Å². The van der Waals surface area contributed by atoms with Crippen molar-refractivity contribution in [1.29, 1.82) is 0 Å². The molecular formula is C17H22N2O3S. The molecule has 0 radical (unpaired) electrons. The number of hydrogen-bond acceptors (Lipinski definition) is 5. The third-order valence-corrected chi connectivity index (χ3v) is 5.41. The molecule has 1 atom stereocenters. The third-order valence-electron chi connectivity index (χ3n) is 4.54. The van der Waals surface area contributed by atoms with Gasteiger partial charge in [-0.2, -0.15) is 0 Å². The maximum Gasteiger partial charge on any atom is 0.307 e. The van der Waals surface area contributed by atoms with Crippen molar-refractivity contribution in [2.45, 2.75) is 26.2 Å². The molecule has 2 heterocycles. The van der Waals surface area contributed by atoms with E-state index in [1.807, 2.05) is 12.1 Å². The van der Waals surface area contributed by atoms with Crippen molar-refractivity contribution in [3.8, 4) is 11.6 Å². The Bertz CT molecular complexity index is 738. The van der Waals surface area contributed by atoms with Crippen LogP contribution in [0.5, 0.6) is 11.6 Å². The highest BCUT2D eigenvalue weighted by molar-refractivity contribution is 7.09. The van der Waals surface area contributed by atoms with E-state index in [2.05, 4.69) is 22.9 Å². The highest BCUT2D eigenvalue weighted by Gasteiger charge is 2.23. The maximum atomic E-state index is 11.4. The fourth-order valence-electron chi connectivity index (χ4n) is 3.17. The van der Waals surface area contributed by atoms with E-state index in [1.165, 1.54) is 18.5 Å². The van der Waals surface area contributed by atoms with Gasteiger partial charge < -0.3 is 14.7 Å². The predicted molar refractivity (Wildman–Crippen MR) is 93.0 cm³/mol. The van der Waals surface area contributed by atoms with Gasteiger partial charge in [0.15, 0.2) is 0 Å². The van der Waals surface area contributed by atoms with Gasteiger partial charge in [0.1, 0.15) is 5.75 Å². The predicted octanol–water partition coefficient (Wildman–Crippen LogP) is 2.98. The highest BCUT2D eigenvalue weighted by atomic mass is 32.1. The maximum absolute atomic E-state index is 11.4. The molecule has 0 bridgehead atoms. The molecule has 124 valence electrons. The van der Waals surface area contributed by atoms with Gasteiger partial charge in [-0.05, 0) is 36.1 Å². The Morgan fingerprint density at radius 1 is 1.48 bits per heavy atom. The van der Waals surface area contributed by atoms with E-state index in [4.69, 9.17) is 4.74 Å². The number of rotatable bonds is 5. The van der Waals surface area contributed by atoms with Gasteiger partial charge in [-0.15, -0.1) is 0 Å². The second-order valence-corrected chi connectivity index (χ2v) is 7.03. The SMILES string of the molecule is CCC1CCN(c2ccc(OC)cc2Cc2sc(=O)[nH]c2O)C1. The normalized spacial score (nSPS) is 17.7. The first-order valence-corrected chi connectivity index (χ1v) is 8.75. The number of aromatic amines is 1. The van der Waals surface area contributed by atoms with Crippen LogP contribution in [-0.2, 0) is 6.42 Å². The van der Waals surface area contributed by atoms with Crippen LogP contribution in [0.3, 0.4) is 0 Å². The molecule has 6 heteroatoms. The van der Waals surface area contributed by atoms with Crippen LogP contribution in [0.2, 0.25) is 0 Å². The first kappa shape index (κ1) is 15.9. The second kappa shape index (κ2) is 6.66. The molecule has 0 amide bonds. The number of aromatic hydroxyl groups is 1. The van der Waals surface area contributed by atoms with Crippen molar-refractivity contribution >= 4 is 17.0 Å². The van der Waals surface area contributed by atoms with Crippen molar-refractivity contribution in [2.75, 3.05) is 25.1 Å². The van der Waals surface area contributed by atoms with Crippen molar-refractivity contribution < 1.29 is 9.84 Å². The summed E-state index contributed by atoms with van der Waals surface area (Å²) in [7, 11) is 1.65. The van der Waals surface area contributed by atoms with Crippen LogP contribution >= 0.6 is 11.3 Å². The number of benzene rings is 1. The van der Waals surface area contributed by atoms with Crippen molar-refractivity contribution in [3.05, 3.63) is 38.3 Å². The van der Waals surface area contributed by atoms with E-state index < -0.39 is 0 Å². The fraction of sp³-hybridized carbons (Fsp3) is 0.471. The van der Waals surface area contributed by atoms with Gasteiger partial charge in [0, 0.05) is 25.2 Å². The number of nitrogens with one attached hydrogen (secondary N) is 1. The zero-order valence-corrected chi connectivity index (χ0v) is 14.3. The molecule has 1 unspecified atom stereocenters. The Kier molecular flexibility index (Phi) is 4.61. The standard InChI is InChI=1S/C17H22N2O3S/c1-3-11-6-7-19(10-11)14-5-4-13(22-2)8-12(14)9-15-16(20)18-17(21)23-15/h4-5,8,11,20H,3,6-7,9-10H2,1-2H3,(H,18,21). The number of methoxy groups -OCH3 is 1. The molecule has 0 aliphatic carbocycles. The van der Waals surface area contributed by atoms with Gasteiger partial charge in [0.25, 0.3) is 0 Å². The van der Waals surface area contributed by atoms with Crippen LogP contribution < -0.4 is 14.5 Å². The van der Waals surface area contributed by atoms with Gasteiger partial charge in [-0.25, -0.2) is 0 Å². The van der Waals surface area contributed by atoms with Gasteiger partial charge >= 0.3 is 4.87 Å². The summed E-state index contributed by atoms with van der Waals surface area (Å²) in [4.78, 5) is 16.7. The van der Waals surface area contributed by atoms with Gasteiger partial charge in [0.2, 0.25) is 5.88 Å². The highest BCUT2D eigenvalue weighted by Crippen LogP contribution is 2.33. The summed E-state index contributed by atoms with van der Waals surface area (Å²) in [6.45, 7) is 4.34. The zero-order valence-electron chi connectivity index (χ0n) is 13.5. The summed E-state index contributed by atoms with van der Waals surface area (Å²) in [6, 6.07) is 6.05. The average Bonchev–Trinajstić information content (AvgIpc) is 3.14. The second-order valence-electron chi connectivity index (χ2n) is 5.97. The molecule has 1 aromatic carbocycles. The molecular weight excluding hydrogens is 312 g/mol. The Labute approximate surface area is 139 Å². The summed E-state index contributed by atoms with van der Waals surface area (Å²) in [5.41, 5.74) is 2.24. The number of aromatic nitrogens is 1. The van der Waals surface area contributed by atoms with Crippen LogP contribution in [-0.4, -0.2) is 30.3 Å². The average molecular weight is 334 g/mol. The van der Waals surface area contributed by atoms with E-state index in [0.717, 1.165) is 41.7 Å². The molecule has 0 saturated carbocycles. The molecule has 3 rings (SSSR count). The molecule has 2 aromatic rings. The van der Waals surface area contributed by atoms with E-state index >= 15 is 0 Å². The Balaban J connectivity index is 1.93. The van der Waals surface area contributed by atoms with Crippen molar-refractivity contribution in [1.82, 2.24) is 4.98 Å². The monoisotopic (exact) mass is 334 g/mol. The molecule has 23 heavy (non-hydrogen) atoms. The molecule has 1 aliphatic rings. The van der Waals surface area contributed by atoms with E-state index in [0.29, 0.717) is 11.3 Å². The lowest BCUT2D eigenvalue weighted by atomic mass is 10.1. The number of thiazole rings is 1. The van der Waals surface area contributed by atoms with Gasteiger partial charge in [0.05, 0.1) is 12.0 Å². The Hall–Kier alpha value is -1.95. The lowest BCUT2D eigenvalue weighted by Gasteiger charge is -2.22. The zero-order chi connectivity index (χ0) is 16.4. The van der Waals surface area contributed by atoms with Gasteiger partial charge in [-0.1, -0.05) is 24.7 Å². The lowest BCUT2D eigenvalue weighted by molar-refractivity contribution is 0.414. The number of hydrogen-bond donors (Lipinski definition) is 2. The smallest absolute Gasteiger partial charge is 0.307 e. The Morgan fingerprint density at radius 2 is 2.30 bits per heavy atom. The van der Waals surface area contributed by atoms with Crippen molar-refractivity contribution in [2.24, 2.45) is 5.92 Å². The molecule has 1 aromatic heterocycles. The van der Waals surface area contributed by atoms with Crippen LogP contribution in [0.25, 0.3) is 0 Å². The van der Waals surface area contributed by atoms with Crippen LogP contribution in [0.1, 0.15) is 30.2 Å². The summed E-state index contributed by atoms with van der Waals surface area (Å²) < 4.78 is 5.34. The number of anilines is 1. The molecule has 1 saturated heterocycles. The summed E-state index contributed by atoms with van der Waals surface area (Å²) in [5, 5.41) is 9.87. The summed E-state index contributed by atoms with van der Waals surface area (Å²) in [5.74, 6) is 1.50. The first-order valence-electron chi connectivity index (χ1n) is 7.93. The Morgan fingerprint density at radius 3 is 2.91 bits per heavy atom. The van der Waals surface area contributed by atoms with E-state index in [9.17, 15) is 9.90 Å². The molecule has 0 spiro atoms. The van der Waals surface area contributed by atoms with Crippen LogP contribution in [0.4, 0.5) is 5.69 Å². The number of nitrogens with zero attached hydrogens (tertiary/aromatic N) is 1. The van der Waals surface area contributed by atoms with Crippen LogP contribution in [0, 0.1) is 5.92 Å². The first-order chi connectivity index (χ1) is 11.1. The largest absolute Gasteiger partial charge is 0.497 e. The number of H-pyrrole nitrogens is 1. The molecule has 2 N–H and O–H groups in total. The fourth-order valence-corrected chi connectivity index (χ4v) is 3.92. The molecule has 5 nitrogen and oxygen atoms in total. The van der Waals surface area contributed by atoms with E-state index in [1.54, 1.807) is 7.11 Å². The van der Waals surface area contributed by atoms with Crippen molar-refractivity contribution in [3.63, 3.8) is 0 Å². The quantitative estimate of drug-likeness (QED) is 0.882. The summed E-state index contributed by atoms with van der Waals surface area (Å²) >= 11 is 1.06. The molecule has 1 aliphatic heterocycles.